The van der Waals surface area contributed by atoms with Crippen LogP contribution in [0.3, 0.4) is 0 Å². The Labute approximate surface area is 141 Å². The van der Waals surface area contributed by atoms with Gasteiger partial charge in [0.2, 0.25) is 11.7 Å². The summed E-state index contributed by atoms with van der Waals surface area (Å²) in [5, 5.41) is 4.06. The number of fused-ring (bicyclic) bond motifs is 1. The second-order valence-corrected chi connectivity index (χ2v) is 6.48. The summed E-state index contributed by atoms with van der Waals surface area (Å²) in [6.45, 7) is 2.07. The molecule has 1 fully saturated rings. The highest BCUT2D eigenvalue weighted by molar-refractivity contribution is 5.49. The summed E-state index contributed by atoms with van der Waals surface area (Å²) in [6.07, 6.45) is 7.74. The molecule has 1 aliphatic heterocycles. The highest BCUT2D eigenvalue weighted by atomic mass is 16.5. The molecule has 0 aromatic carbocycles. The molecule has 6 heteroatoms. The van der Waals surface area contributed by atoms with Crippen LogP contribution in [-0.2, 0) is 28.7 Å². The van der Waals surface area contributed by atoms with E-state index in [2.05, 4.69) is 16.2 Å². The van der Waals surface area contributed by atoms with Crippen molar-refractivity contribution in [3.8, 4) is 11.5 Å². The molecule has 6 nitrogen and oxygen atoms in total. The molecule has 0 bridgehead atoms. The summed E-state index contributed by atoms with van der Waals surface area (Å²) in [6, 6.07) is 4.14. The van der Waals surface area contributed by atoms with Crippen molar-refractivity contribution >= 4 is 0 Å². The summed E-state index contributed by atoms with van der Waals surface area (Å²) in [4.78, 5) is 9.16. The normalized spacial score (nSPS) is 20.2. The zero-order valence-corrected chi connectivity index (χ0v) is 13.9. The van der Waals surface area contributed by atoms with Crippen LogP contribution in [0.15, 0.2) is 16.7 Å². The Hall–Kier alpha value is -1.79. The standard InChI is InChI=1S/C18H23N3O3/c1-2-6-15-13(4-1)7-8-16(19-15)18-20-17(24-21-18)9-11-22-12-14-5-3-10-23-14/h7-8,14H,1-6,9-12H2. The fourth-order valence-electron chi connectivity index (χ4n) is 3.32. The van der Waals surface area contributed by atoms with Gasteiger partial charge in [0.1, 0.15) is 5.69 Å². The zero-order valence-electron chi connectivity index (χ0n) is 13.9. The minimum Gasteiger partial charge on any atom is -0.378 e. The highest BCUT2D eigenvalue weighted by Crippen LogP contribution is 2.23. The second kappa shape index (κ2) is 7.40. The third-order valence-electron chi connectivity index (χ3n) is 4.66. The molecule has 0 amide bonds. The third-order valence-corrected chi connectivity index (χ3v) is 4.66. The van der Waals surface area contributed by atoms with Crippen molar-refractivity contribution in [2.24, 2.45) is 0 Å². The molecule has 0 radical (unpaired) electrons. The second-order valence-electron chi connectivity index (χ2n) is 6.48. The van der Waals surface area contributed by atoms with Gasteiger partial charge in [-0.15, -0.1) is 0 Å². The summed E-state index contributed by atoms with van der Waals surface area (Å²) in [5.74, 6) is 1.16. The molecule has 1 saturated heterocycles. The molecule has 1 unspecified atom stereocenters. The molecule has 3 heterocycles. The van der Waals surface area contributed by atoms with E-state index in [4.69, 9.17) is 19.0 Å². The Balaban J connectivity index is 1.32. The van der Waals surface area contributed by atoms with Crippen LogP contribution in [0.25, 0.3) is 11.5 Å². The van der Waals surface area contributed by atoms with E-state index in [1.54, 1.807) is 0 Å². The lowest BCUT2D eigenvalue weighted by Gasteiger charge is -2.14. The van der Waals surface area contributed by atoms with Gasteiger partial charge >= 0.3 is 0 Å². The first-order valence-corrected chi connectivity index (χ1v) is 8.89. The van der Waals surface area contributed by atoms with Crippen LogP contribution in [0.4, 0.5) is 0 Å². The van der Waals surface area contributed by atoms with Gasteiger partial charge < -0.3 is 14.0 Å². The molecular formula is C18H23N3O3. The van der Waals surface area contributed by atoms with Gasteiger partial charge in [0, 0.05) is 12.3 Å². The van der Waals surface area contributed by atoms with Crippen LogP contribution in [-0.4, -0.2) is 41.0 Å². The van der Waals surface area contributed by atoms with Gasteiger partial charge in [0.05, 0.1) is 25.7 Å². The van der Waals surface area contributed by atoms with Crippen LogP contribution in [0, 0.1) is 0 Å². The van der Waals surface area contributed by atoms with Crippen molar-refractivity contribution in [2.45, 2.75) is 51.0 Å². The summed E-state index contributed by atoms with van der Waals surface area (Å²) in [5.41, 5.74) is 3.34. The van der Waals surface area contributed by atoms with E-state index < -0.39 is 0 Å². The van der Waals surface area contributed by atoms with Crippen molar-refractivity contribution in [3.63, 3.8) is 0 Å². The number of aryl methyl sites for hydroxylation is 2. The number of nitrogens with zero attached hydrogens (tertiary/aromatic N) is 3. The Bertz CT molecular complexity index is 680. The van der Waals surface area contributed by atoms with Crippen molar-refractivity contribution in [3.05, 3.63) is 29.3 Å². The van der Waals surface area contributed by atoms with Crippen molar-refractivity contribution in [2.75, 3.05) is 19.8 Å². The zero-order chi connectivity index (χ0) is 16.2. The van der Waals surface area contributed by atoms with Crippen molar-refractivity contribution < 1.29 is 14.0 Å². The minimum atomic E-state index is 0.253. The molecule has 0 N–H and O–H groups in total. The first-order valence-electron chi connectivity index (χ1n) is 8.89. The number of aromatic nitrogens is 3. The predicted molar refractivity (Wildman–Crippen MR) is 87.7 cm³/mol. The van der Waals surface area contributed by atoms with Gasteiger partial charge in [-0.1, -0.05) is 11.2 Å². The predicted octanol–water partition coefficient (Wildman–Crippen LogP) is 2.75. The molecule has 2 aliphatic rings. The number of pyridine rings is 1. The first kappa shape index (κ1) is 15.7. The molecule has 2 aromatic rings. The molecule has 1 aliphatic carbocycles. The van der Waals surface area contributed by atoms with Crippen LogP contribution >= 0.6 is 0 Å². The fourth-order valence-corrected chi connectivity index (χ4v) is 3.32. The third kappa shape index (κ3) is 3.65. The number of ether oxygens (including phenoxy) is 2. The van der Waals surface area contributed by atoms with E-state index in [-0.39, 0.29) is 6.10 Å². The summed E-state index contributed by atoms with van der Waals surface area (Å²) in [7, 11) is 0. The van der Waals surface area contributed by atoms with Crippen LogP contribution in [0.2, 0.25) is 0 Å². The smallest absolute Gasteiger partial charge is 0.229 e. The van der Waals surface area contributed by atoms with E-state index in [0.717, 1.165) is 38.0 Å². The molecule has 4 rings (SSSR count). The Morgan fingerprint density at radius 2 is 2.08 bits per heavy atom. The summed E-state index contributed by atoms with van der Waals surface area (Å²) < 4.78 is 16.5. The maximum atomic E-state index is 5.64. The lowest BCUT2D eigenvalue weighted by Crippen LogP contribution is -2.15. The Kier molecular flexibility index (Phi) is 4.85. The molecule has 1 atom stereocenters. The monoisotopic (exact) mass is 329 g/mol. The number of hydrogen-bond acceptors (Lipinski definition) is 6. The largest absolute Gasteiger partial charge is 0.378 e. The highest BCUT2D eigenvalue weighted by Gasteiger charge is 2.17. The van der Waals surface area contributed by atoms with Crippen molar-refractivity contribution in [1.29, 1.82) is 0 Å². The van der Waals surface area contributed by atoms with Gasteiger partial charge in [-0.2, -0.15) is 4.98 Å². The van der Waals surface area contributed by atoms with Crippen LogP contribution in [0.5, 0.6) is 0 Å². The lowest BCUT2D eigenvalue weighted by molar-refractivity contribution is 0.0169. The SMILES string of the molecule is c1cc2c(nc1-c1noc(CCOCC3CCCO3)n1)CCCC2. The van der Waals surface area contributed by atoms with Crippen molar-refractivity contribution in [1.82, 2.24) is 15.1 Å². The Morgan fingerprint density at radius 1 is 1.12 bits per heavy atom. The molecule has 128 valence electrons. The number of hydrogen-bond donors (Lipinski definition) is 0. The Morgan fingerprint density at radius 3 is 3.00 bits per heavy atom. The topological polar surface area (TPSA) is 70.3 Å². The minimum absolute atomic E-state index is 0.253. The average molecular weight is 329 g/mol. The fraction of sp³-hybridized carbons (Fsp3) is 0.611. The van der Waals surface area contributed by atoms with Gasteiger partial charge in [-0.05, 0) is 50.2 Å². The van der Waals surface area contributed by atoms with Gasteiger partial charge in [0.25, 0.3) is 0 Å². The average Bonchev–Trinajstić information content (AvgIpc) is 3.30. The molecule has 0 spiro atoms. The molecule has 0 saturated carbocycles. The van der Waals surface area contributed by atoms with E-state index in [9.17, 15) is 0 Å². The quantitative estimate of drug-likeness (QED) is 0.759. The first-order chi connectivity index (χ1) is 11.9. The molecule has 24 heavy (non-hydrogen) atoms. The summed E-state index contributed by atoms with van der Waals surface area (Å²) >= 11 is 0. The maximum absolute atomic E-state index is 5.64. The van der Waals surface area contributed by atoms with Crippen LogP contribution in [0.1, 0.15) is 42.8 Å². The molecule has 2 aromatic heterocycles. The lowest BCUT2D eigenvalue weighted by atomic mass is 9.96. The van der Waals surface area contributed by atoms with E-state index in [1.807, 2.05) is 6.07 Å². The van der Waals surface area contributed by atoms with Gasteiger partial charge in [0.15, 0.2) is 0 Å². The van der Waals surface area contributed by atoms with E-state index in [1.165, 1.54) is 24.1 Å². The van der Waals surface area contributed by atoms with Gasteiger partial charge in [-0.3, -0.25) is 0 Å². The molecular weight excluding hydrogens is 306 g/mol. The van der Waals surface area contributed by atoms with E-state index in [0.29, 0.717) is 31.3 Å². The van der Waals surface area contributed by atoms with Crippen LogP contribution < -0.4 is 0 Å². The number of rotatable bonds is 6. The maximum Gasteiger partial charge on any atom is 0.229 e. The van der Waals surface area contributed by atoms with E-state index >= 15 is 0 Å². The van der Waals surface area contributed by atoms with Gasteiger partial charge in [-0.25, -0.2) is 4.98 Å².